The highest BCUT2D eigenvalue weighted by Gasteiger charge is 2.27. The molecule has 0 bridgehead atoms. The fourth-order valence-electron chi connectivity index (χ4n) is 3.00. The highest BCUT2D eigenvalue weighted by atomic mass is 35.5. The second-order valence-corrected chi connectivity index (χ2v) is 6.02. The second-order valence-electron chi connectivity index (χ2n) is 5.17. The molecule has 1 aliphatic rings. The predicted molar refractivity (Wildman–Crippen MR) is 89.6 cm³/mol. The quantitative estimate of drug-likeness (QED) is 0.908. The summed E-state index contributed by atoms with van der Waals surface area (Å²) in [6.07, 6.45) is 0.879. The molecule has 1 N–H and O–H groups in total. The highest BCUT2D eigenvalue weighted by Crippen LogP contribution is 2.41. The minimum atomic E-state index is -0.00486. The molecule has 1 heterocycles. The van der Waals surface area contributed by atoms with Crippen LogP contribution in [0.4, 0.5) is 0 Å². The summed E-state index contributed by atoms with van der Waals surface area (Å²) in [7, 11) is 3.32. The van der Waals surface area contributed by atoms with E-state index in [4.69, 9.17) is 32.7 Å². The van der Waals surface area contributed by atoms with Gasteiger partial charge in [-0.15, -0.1) is 0 Å². The molecule has 5 heteroatoms. The van der Waals surface area contributed by atoms with Crippen LogP contribution in [0.25, 0.3) is 0 Å². The number of nitrogens with one attached hydrogen (secondary N) is 1. The molecule has 0 saturated heterocycles. The monoisotopic (exact) mass is 337 g/mol. The summed E-state index contributed by atoms with van der Waals surface area (Å²) in [5.41, 5.74) is 3.28. The Labute approximate surface area is 140 Å². The fourth-order valence-corrected chi connectivity index (χ4v) is 3.41. The number of fused-ring (bicyclic) bond motifs is 1. The Hall–Kier alpha value is -1.42. The molecule has 2 aromatic rings. The molecule has 116 valence electrons. The smallest absolute Gasteiger partial charge is 0.164 e. The highest BCUT2D eigenvalue weighted by molar-refractivity contribution is 6.33. The maximum absolute atomic E-state index is 6.37. The van der Waals surface area contributed by atoms with Crippen molar-refractivity contribution in [2.24, 2.45) is 0 Å². The molecular weight excluding hydrogens is 321 g/mol. The van der Waals surface area contributed by atoms with Gasteiger partial charge in [-0.25, -0.2) is 0 Å². The lowest BCUT2D eigenvalue weighted by molar-refractivity contribution is 0.348. The van der Waals surface area contributed by atoms with Gasteiger partial charge in [-0.05, 0) is 41.8 Å². The standard InChI is InChI=1S/C17H17Cl2NO2/c1-21-15-6-4-11-12(17(15)22-2)7-8-20-16(11)13-9-10(18)3-5-14(13)19/h3-6,9,16,20H,7-8H2,1-2H3. The number of halogens is 2. The molecule has 0 saturated carbocycles. The Morgan fingerprint density at radius 3 is 2.59 bits per heavy atom. The summed E-state index contributed by atoms with van der Waals surface area (Å²) >= 11 is 12.5. The largest absolute Gasteiger partial charge is 0.493 e. The third kappa shape index (κ3) is 2.65. The first-order valence-electron chi connectivity index (χ1n) is 7.07. The fraction of sp³-hybridized carbons (Fsp3) is 0.294. The third-order valence-corrected chi connectivity index (χ3v) is 4.57. The van der Waals surface area contributed by atoms with Gasteiger partial charge in [0.05, 0.1) is 20.3 Å². The van der Waals surface area contributed by atoms with Crippen molar-refractivity contribution in [1.29, 1.82) is 0 Å². The van der Waals surface area contributed by atoms with E-state index in [-0.39, 0.29) is 6.04 Å². The van der Waals surface area contributed by atoms with E-state index in [0.717, 1.165) is 41.2 Å². The Balaban J connectivity index is 2.14. The average molecular weight is 338 g/mol. The molecule has 1 atom stereocenters. The van der Waals surface area contributed by atoms with Gasteiger partial charge in [-0.1, -0.05) is 29.3 Å². The van der Waals surface area contributed by atoms with Gasteiger partial charge in [0.2, 0.25) is 0 Å². The van der Waals surface area contributed by atoms with E-state index < -0.39 is 0 Å². The molecule has 0 aromatic heterocycles. The predicted octanol–water partition coefficient (Wildman–Crippen LogP) is 4.25. The van der Waals surface area contributed by atoms with Crippen LogP contribution in [0.3, 0.4) is 0 Å². The Kier molecular flexibility index (Phi) is 4.48. The van der Waals surface area contributed by atoms with E-state index in [1.807, 2.05) is 18.2 Å². The lowest BCUT2D eigenvalue weighted by Gasteiger charge is -2.30. The minimum absolute atomic E-state index is 0.00486. The lowest BCUT2D eigenvalue weighted by atomic mass is 9.89. The molecule has 2 aromatic carbocycles. The van der Waals surface area contributed by atoms with Gasteiger partial charge in [0.15, 0.2) is 11.5 Å². The molecule has 0 radical (unpaired) electrons. The number of benzene rings is 2. The van der Waals surface area contributed by atoms with Gasteiger partial charge in [0, 0.05) is 22.2 Å². The first-order valence-corrected chi connectivity index (χ1v) is 7.83. The van der Waals surface area contributed by atoms with E-state index in [2.05, 4.69) is 11.4 Å². The van der Waals surface area contributed by atoms with Crippen molar-refractivity contribution in [2.75, 3.05) is 20.8 Å². The summed E-state index contributed by atoms with van der Waals surface area (Å²) in [5.74, 6) is 1.55. The van der Waals surface area contributed by atoms with E-state index in [9.17, 15) is 0 Å². The molecule has 0 fully saturated rings. The van der Waals surface area contributed by atoms with Crippen LogP contribution in [-0.2, 0) is 6.42 Å². The second kappa shape index (κ2) is 6.37. The van der Waals surface area contributed by atoms with Gasteiger partial charge in [-0.2, -0.15) is 0 Å². The Bertz CT molecular complexity index is 703. The first-order chi connectivity index (χ1) is 10.7. The van der Waals surface area contributed by atoms with E-state index >= 15 is 0 Å². The van der Waals surface area contributed by atoms with Gasteiger partial charge < -0.3 is 14.8 Å². The zero-order chi connectivity index (χ0) is 15.7. The molecule has 22 heavy (non-hydrogen) atoms. The number of methoxy groups -OCH3 is 2. The van der Waals surface area contributed by atoms with Crippen LogP contribution in [0.1, 0.15) is 22.7 Å². The zero-order valence-corrected chi connectivity index (χ0v) is 14.0. The number of hydrogen-bond donors (Lipinski definition) is 1. The minimum Gasteiger partial charge on any atom is -0.493 e. The first kappa shape index (κ1) is 15.5. The van der Waals surface area contributed by atoms with Crippen molar-refractivity contribution in [3.8, 4) is 11.5 Å². The van der Waals surface area contributed by atoms with Crippen molar-refractivity contribution in [1.82, 2.24) is 5.32 Å². The topological polar surface area (TPSA) is 30.5 Å². The van der Waals surface area contributed by atoms with Crippen LogP contribution in [0.15, 0.2) is 30.3 Å². The molecule has 1 unspecified atom stereocenters. The number of ether oxygens (including phenoxy) is 2. The number of rotatable bonds is 3. The molecule has 3 rings (SSSR count). The van der Waals surface area contributed by atoms with E-state index in [1.54, 1.807) is 20.3 Å². The average Bonchev–Trinajstić information content (AvgIpc) is 2.55. The Morgan fingerprint density at radius 1 is 1.05 bits per heavy atom. The van der Waals surface area contributed by atoms with E-state index in [1.165, 1.54) is 0 Å². The van der Waals surface area contributed by atoms with Crippen LogP contribution in [0, 0.1) is 0 Å². The van der Waals surface area contributed by atoms with Crippen molar-refractivity contribution >= 4 is 23.2 Å². The van der Waals surface area contributed by atoms with Crippen molar-refractivity contribution in [3.63, 3.8) is 0 Å². The van der Waals surface area contributed by atoms with Gasteiger partial charge in [0.25, 0.3) is 0 Å². The number of hydrogen-bond acceptors (Lipinski definition) is 3. The van der Waals surface area contributed by atoms with E-state index in [0.29, 0.717) is 10.0 Å². The molecule has 1 aliphatic heterocycles. The van der Waals surface area contributed by atoms with Crippen LogP contribution in [-0.4, -0.2) is 20.8 Å². The molecule has 0 spiro atoms. The zero-order valence-electron chi connectivity index (χ0n) is 12.5. The molecular formula is C17H17Cl2NO2. The molecule has 0 aliphatic carbocycles. The van der Waals surface area contributed by atoms with Crippen molar-refractivity contribution < 1.29 is 9.47 Å². The van der Waals surface area contributed by atoms with Gasteiger partial charge in [0.1, 0.15) is 0 Å². The summed E-state index contributed by atoms with van der Waals surface area (Å²) in [6.45, 7) is 0.837. The lowest BCUT2D eigenvalue weighted by Crippen LogP contribution is -2.31. The normalized spacial score (nSPS) is 17.0. The van der Waals surface area contributed by atoms with Crippen LogP contribution < -0.4 is 14.8 Å². The maximum atomic E-state index is 6.37. The maximum Gasteiger partial charge on any atom is 0.164 e. The van der Waals surface area contributed by atoms with Crippen LogP contribution in [0.2, 0.25) is 10.0 Å². The third-order valence-electron chi connectivity index (χ3n) is 3.99. The summed E-state index contributed by atoms with van der Waals surface area (Å²) in [4.78, 5) is 0. The van der Waals surface area contributed by atoms with Crippen LogP contribution >= 0.6 is 23.2 Å². The van der Waals surface area contributed by atoms with Crippen molar-refractivity contribution in [2.45, 2.75) is 12.5 Å². The van der Waals surface area contributed by atoms with Crippen molar-refractivity contribution in [3.05, 3.63) is 57.1 Å². The van der Waals surface area contributed by atoms with Crippen LogP contribution in [0.5, 0.6) is 11.5 Å². The van der Waals surface area contributed by atoms with Gasteiger partial charge in [-0.3, -0.25) is 0 Å². The summed E-state index contributed by atoms with van der Waals surface area (Å²) < 4.78 is 11.0. The Morgan fingerprint density at radius 2 is 1.86 bits per heavy atom. The SMILES string of the molecule is COc1ccc2c(c1OC)CCNC2c1cc(Cl)ccc1Cl. The molecule has 3 nitrogen and oxygen atoms in total. The summed E-state index contributed by atoms with van der Waals surface area (Å²) in [5, 5.41) is 4.88. The van der Waals surface area contributed by atoms with Gasteiger partial charge >= 0.3 is 0 Å². The molecule has 0 amide bonds. The summed E-state index contributed by atoms with van der Waals surface area (Å²) in [6, 6.07) is 9.52.